The highest BCUT2D eigenvalue weighted by atomic mass is 35.5. The smallest absolute Gasteiger partial charge is 0.255 e. The van der Waals surface area contributed by atoms with Gasteiger partial charge >= 0.3 is 0 Å². The molecule has 1 aliphatic heterocycles. The highest BCUT2D eigenvalue weighted by Crippen LogP contribution is 2.29. The molecule has 2 fully saturated rings. The van der Waals surface area contributed by atoms with Gasteiger partial charge in [0, 0.05) is 54.4 Å². The molecule has 1 heterocycles. The molecule has 1 atom stereocenters. The van der Waals surface area contributed by atoms with Crippen molar-refractivity contribution in [2.45, 2.75) is 52.1 Å². The first-order valence-corrected chi connectivity index (χ1v) is 12.1. The summed E-state index contributed by atoms with van der Waals surface area (Å²) in [5, 5.41) is 3.30. The Hall–Kier alpha value is -2.44. The van der Waals surface area contributed by atoms with Gasteiger partial charge in [-0.15, -0.1) is 0 Å². The molecule has 0 aromatic heterocycles. The van der Waals surface area contributed by atoms with Crippen LogP contribution in [0.5, 0.6) is 0 Å². The molecule has 2 amide bonds. The van der Waals surface area contributed by atoms with Gasteiger partial charge < -0.3 is 10.2 Å². The van der Waals surface area contributed by atoms with Crippen LogP contribution in [0.1, 0.15) is 54.1 Å². The number of anilines is 1. The van der Waals surface area contributed by atoms with Crippen molar-refractivity contribution in [1.29, 1.82) is 0 Å². The normalized spacial score (nSPS) is 19.6. The Morgan fingerprint density at radius 1 is 1.15 bits per heavy atom. The molecule has 1 N–H and O–H groups in total. The van der Waals surface area contributed by atoms with Gasteiger partial charge in [-0.1, -0.05) is 30.5 Å². The standard InChI is InChI=1S/C26H31ClFN3O2/c1-17-15-30(10-11-31(17)26(33)19-6-3-4-7-19)16-21-13-23(28)14-24(18(21)2)29-25(32)20-8-5-9-22(27)12-20/h5,8-9,12-14,17,19H,3-4,6-7,10-11,15-16H2,1-2H3,(H,29,32). The van der Waals surface area contributed by atoms with E-state index in [1.807, 2.05) is 11.8 Å². The van der Waals surface area contributed by atoms with E-state index in [1.54, 1.807) is 24.3 Å². The Kier molecular flexibility index (Phi) is 7.35. The summed E-state index contributed by atoms with van der Waals surface area (Å²) in [4.78, 5) is 29.8. The number of hydrogen-bond donors (Lipinski definition) is 1. The predicted molar refractivity (Wildman–Crippen MR) is 129 cm³/mol. The van der Waals surface area contributed by atoms with Crippen LogP contribution >= 0.6 is 11.6 Å². The van der Waals surface area contributed by atoms with Crippen molar-refractivity contribution < 1.29 is 14.0 Å². The van der Waals surface area contributed by atoms with E-state index in [0.717, 1.165) is 49.9 Å². The summed E-state index contributed by atoms with van der Waals surface area (Å²) in [5.41, 5.74) is 2.55. The predicted octanol–water partition coefficient (Wildman–Crippen LogP) is 5.26. The van der Waals surface area contributed by atoms with E-state index in [4.69, 9.17) is 11.6 Å². The summed E-state index contributed by atoms with van der Waals surface area (Å²) in [7, 11) is 0. The van der Waals surface area contributed by atoms with E-state index in [0.29, 0.717) is 35.3 Å². The Labute approximate surface area is 199 Å². The molecule has 7 heteroatoms. The molecule has 33 heavy (non-hydrogen) atoms. The second-order valence-corrected chi connectivity index (χ2v) is 9.74. The first-order valence-electron chi connectivity index (χ1n) is 11.7. The number of carbonyl (C=O) groups excluding carboxylic acids is 2. The summed E-state index contributed by atoms with van der Waals surface area (Å²) in [6.45, 7) is 6.75. The first kappa shape index (κ1) is 23.7. The van der Waals surface area contributed by atoms with E-state index in [9.17, 15) is 14.0 Å². The summed E-state index contributed by atoms with van der Waals surface area (Å²) in [6.07, 6.45) is 4.33. The van der Waals surface area contributed by atoms with Crippen LogP contribution in [-0.4, -0.2) is 47.3 Å². The topological polar surface area (TPSA) is 52.6 Å². The second-order valence-electron chi connectivity index (χ2n) is 9.30. The van der Waals surface area contributed by atoms with Crippen LogP contribution in [0.2, 0.25) is 5.02 Å². The van der Waals surface area contributed by atoms with Gasteiger partial charge in [-0.05, 0) is 68.1 Å². The lowest BCUT2D eigenvalue weighted by Crippen LogP contribution is -2.54. The zero-order valence-electron chi connectivity index (χ0n) is 19.2. The highest BCUT2D eigenvalue weighted by Gasteiger charge is 2.33. The van der Waals surface area contributed by atoms with Crippen molar-refractivity contribution in [2.75, 3.05) is 25.0 Å². The second kappa shape index (κ2) is 10.2. The minimum Gasteiger partial charge on any atom is -0.337 e. The largest absolute Gasteiger partial charge is 0.337 e. The maximum atomic E-state index is 14.5. The molecule has 176 valence electrons. The number of nitrogens with zero attached hydrogens (tertiary/aromatic N) is 2. The van der Waals surface area contributed by atoms with Gasteiger partial charge in [0.05, 0.1) is 0 Å². The lowest BCUT2D eigenvalue weighted by atomic mass is 10.0. The van der Waals surface area contributed by atoms with Gasteiger partial charge in [-0.3, -0.25) is 14.5 Å². The van der Waals surface area contributed by atoms with Crippen LogP contribution in [0.3, 0.4) is 0 Å². The molecular weight excluding hydrogens is 441 g/mol. The third-order valence-electron chi connectivity index (χ3n) is 6.91. The van der Waals surface area contributed by atoms with E-state index < -0.39 is 0 Å². The van der Waals surface area contributed by atoms with Crippen molar-refractivity contribution in [1.82, 2.24) is 9.80 Å². The van der Waals surface area contributed by atoms with Gasteiger partial charge in [0.15, 0.2) is 0 Å². The summed E-state index contributed by atoms with van der Waals surface area (Å²) >= 11 is 5.99. The first-order chi connectivity index (χ1) is 15.8. The van der Waals surface area contributed by atoms with Crippen molar-refractivity contribution in [3.8, 4) is 0 Å². The molecule has 5 nitrogen and oxygen atoms in total. The fourth-order valence-corrected chi connectivity index (χ4v) is 5.20. The van der Waals surface area contributed by atoms with Crippen molar-refractivity contribution >= 4 is 29.1 Å². The quantitative estimate of drug-likeness (QED) is 0.646. The molecule has 2 aromatic rings. The summed E-state index contributed by atoms with van der Waals surface area (Å²) in [6, 6.07) is 9.67. The SMILES string of the molecule is Cc1c(CN2CCN(C(=O)C3CCCC3)C(C)C2)cc(F)cc1NC(=O)c1cccc(Cl)c1. The fraction of sp³-hybridized carbons (Fsp3) is 0.462. The molecule has 1 saturated heterocycles. The van der Waals surface area contributed by atoms with Crippen molar-refractivity contribution in [3.05, 3.63) is 63.9 Å². The zero-order chi connectivity index (χ0) is 23.5. The lowest BCUT2D eigenvalue weighted by molar-refractivity contribution is -0.140. The van der Waals surface area contributed by atoms with Gasteiger partial charge in [-0.25, -0.2) is 4.39 Å². The third kappa shape index (κ3) is 5.56. The van der Waals surface area contributed by atoms with Crippen LogP contribution in [-0.2, 0) is 11.3 Å². The number of rotatable bonds is 5. The maximum absolute atomic E-state index is 14.5. The van der Waals surface area contributed by atoms with E-state index >= 15 is 0 Å². The number of piperazine rings is 1. The third-order valence-corrected chi connectivity index (χ3v) is 7.14. The Morgan fingerprint density at radius 3 is 2.61 bits per heavy atom. The summed E-state index contributed by atoms with van der Waals surface area (Å²) in [5.74, 6) is -0.229. The van der Waals surface area contributed by atoms with E-state index in [-0.39, 0.29) is 23.7 Å². The van der Waals surface area contributed by atoms with Crippen LogP contribution < -0.4 is 5.32 Å². The lowest BCUT2D eigenvalue weighted by Gasteiger charge is -2.41. The Bertz CT molecular complexity index is 1040. The molecule has 2 aromatic carbocycles. The Morgan fingerprint density at radius 2 is 1.91 bits per heavy atom. The Balaban J connectivity index is 1.43. The number of amides is 2. The van der Waals surface area contributed by atoms with Gasteiger partial charge in [0.25, 0.3) is 5.91 Å². The number of benzene rings is 2. The average molecular weight is 472 g/mol. The summed E-state index contributed by atoms with van der Waals surface area (Å²) < 4.78 is 14.5. The molecule has 2 aliphatic rings. The molecule has 4 rings (SSSR count). The number of carbonyl (C=O) groups is 2. The zero-order valence-corrected chi connectivity index (χ0v) is 20.0. The van der Waals surface area contributed by atoms with Gasteiger partial charge in [0.2, 0.25) is 5.91 Å². The van der Waals surface area contributed by atoms with Crippen molar-refractivity contribution in [2.24, 2.45) is 5.92 Å². The molecular formula is C26H31ClFN3O2. The molecule has 1 aliphatic carbocycles. The number of halogens is 2. The van der Waals surface area contributed by atoms with Gasteiger partial charge in [0.1, 0.15) is 5.82 Å². The van der Waals surface area contributed by atoms with Crippen LogP contribution in [0, 0.1) is 18.7 Å². The monoisotopic (exact) mass is 471 g/mol. The molecule has 0 bridgehead atoms. The van der Waals surface area contributed by atoms with Crippen molar-refractivity contribution in [3.63, 3.8) is 0 Å². The van der Waals surface area contributed by atoms with Crippen LogP contribution in [0.25, 0.3) is 0 Å². The molecule has 0 radical (unpaired) electrons. The fourth-order valence-electron chi connectivity index (χ4n) is 5.01. The average Bonchev–Trinajstić information content (AvgIpc) is 3.31. The molecule has 1 saturated carbocycles. The molecule has 1 unspecified atom stereocenters. The maximum Gasteiger partial charge on any atom is 0.255 e. The van der Waals surface area contributed by atoms with E-state index in [2.05, 4.69) is 17.1 Å². The molecule has 0 spiro atoms. The van der Waals surface area contributed by atoms with Crippen LogP contribution in [0.15, 0.2) is 36.4 Å². The number of hydrogen-bond acceptors (Lipinski definition) is 3. The van der Waals surface area contributed by atoms with Crippen LogP contribution in [0.4, 0.5) is 10.1 Å². The number of nitrogens with one attached hydrogen (secondary N) is 1. The highest BCUT2D eigenvalue weighted by molar-refractivity contribution is 6.31. The minimum absolute atomic E-state index is 0.128. The van der Waals surface area contributed by atoms with E-state index in [1.165, 1.54) is 12.1 Å². The van der Waals surface area contributed by atoms with Gasteiger partial charge in [-0.2, -0.15) is 0 Å². The minimum atomic E-state index is -0.389.